The molecule has 7 atom stereocenters. The van der Waals surface area contributed by atoms with Crippen LogP contribution < -0.4 is 37.2 Å². The van der Waals surface area contributed by atoms with E-state index in [0.29, 0.717) is 77.4 Å². The summed E-state index contributed by atoms with van der Waals surface area (Å²) in [4.78, 5) is 91.5. The van der Waals surface area contributed by atoms with Gasteiger partial charge >= 0.3 is 0 Å². The average molecular weight is 1030 g/mol. The molecule has 4 fully saturated rings. The van der Waals surface area contributed by atoms with Gasteiger partial charge in [-0.1, -0.05) is 79.7 Å². The molecule has 0 heterocycles. The van der Waals surface area contributed by atoms with E-state index < -0.39 is 57.8 Å². The smallest absolute Gasteiger partial charge is 0.245 e. The molecule has 0 aromatic carbocycles. The number of hydrogen-bond acceptors (Lipinski definition) is 10. The highest BCUT2D eigenvalue weighted by Gasteiger charge is 2.51. The van der Waals surface area contributed by atoms with Crippen LogP contribution in [0.25, 0.3) is 0 Å². The third-order valence-electron chi connectivity index (χ3n) is 15.2. The van der Waals surface area contributed by atoms with Crippen molar-refractivity contribution in [3.8, 4) is 0 Å². The van der Waals surface area contributed by atoms with Crippen LogP contribution in [0.2, 0.25) is 0 Å². The Morgan fingerprint density at radius 3 is 1.38 bits per heavy atom. The van der Waals surface area contributed by atoms with Crippen LogP contribution in [0.4, 0.5) is 0 Å². The lowest BCUT2D eigenvalue weighted by Crippen LogP contribution is -2.61. The van der Waals surface area contributed by atoms with Crippen LogP contribution in [0.15, 0.2) is 11.5 Å². The van der Waals surface area contributed by atoms with E-state index in [2.05, 4.69) is 37.2 Å². The van der Waals surface area contributed by atoms with Crippen molar-refractivity contribution < 1.29 is 47.1 Å². The first kappa shape index (κ1) is 62.2. The maximum Gasteiger partial charge on any atom is 0.245 e. The summed E-state index contributed by atoms with van der Waals surface area (Å²) in [7, 11) is -3.47. The Balaban J connectivity index is 1.27. The topological polar surface area (TPSA) is 258 Å². The number of hydrogen-bond donors (Lipinski definition) is 8. The number of unbranched alkanes of at least 4 members (excludes halogenated alkanes) is 6. The van der Waals surface area contributed by atoms with Crippen LogP contribution in [0.5, 0.6) is 0 Å². The molecule has 0 spiro atoms. The Labute approximate surface area is 432 Å². The molecule has 7 amide bonds. The van der Waals surface area contributed by atoms with Gasteiger partial charge in [-0.2, -0.15) is 0 Å². The van der Waals surface area contributed by atoms with Gasteiger partial charge in [0.05, 0.1) is 6.10 Å². The quantitative estimate of drug-likeness (QED) is 0.0359. The fraction of sp³-hybridized carbons (Fsp3) is 0.833. The number of carbonyl (C=O) groups is 7. The largest absolute Gasteiger partial charge is 0.391 e. The van der Waals surface area contributed by atoms with Gasteiger partial charge in [0.15, 0.2) is 9.84 Å². The number of amides is 7. The van der Waals surface area contributed by atoms with E-state index in [4.69, 9.17) is 0 Å². The molecular formula is C54H95N7O10S. The van der Waals surface area contributed by atoms with Crippen molar-refractivity contribution in [1.82, 2.24) is 37.2 Å². The van der Waals surface area contributed by atoms with Crippen LogP contribution in [-0.4, -0.2) is 111 Å². The lowest BCUT2D eigenvalue weighted by molar-refractivity contribution is -0.136. The summed E-state index contributed by atoms with van der Waals surface area (Å²) in [5.74, 6) is -0.0755. The molecule has 412 valence electrons. The zero-order chi connectivity index (χ0) is 53.4. The van der Waals surface area contributed by atoms with Crippen LogP contribution in [0.1, 0.15) is 190 Å². The Hall–Kier alpha value is -4.06. The molecule has 17 nitrogen and oxygen atoms in total. The minimum Gasteiger partial charge on any atom is -0.391 e. The molecule has 4 bridgehead atoms. The minimum absolute atomic E-state index is 0.0354. The fourth-order valence-electron chi connectivity index (χ4n) is 11.3. The summed E-state index contributed by atoms with van der Waals surface area (Å²) in [6.07, 6.45) is 19.0. The van der Waals surface area contributed by atoms with Gasteiger partial charge in [-0.15, -0.1) is 0 Å². The van der Waals surface area contributed by atoms with E-state index >= 15 is 0 Å². The van der Waals surface area contributed by atoms with Crippen molar-refractivity contribution in [2.45, 2.75) is 220 Å². The lowest BCUT2D eigenvalue weighted by atomic mass is 9.49. The van der Waals surface area contributed by atoms with E-state index in [-0.39, 0.29) is 53.2 Å². The van der Waals surface area contributed by atoms with E-state index in [1.54, 1.807) is 6.92 Å². The van der Waals surface area contributed by atoms with Crippen LogP contribution >= 0.6 is 0 Å². The highest BCUT2D eigenvalue weighted by Crippen LogP contribution is 2.61. The van der Waals surface area contributed by atoms with Gasteiger partial charge in [0, 0.05) is 63.0 Å². The first-order valence-corrected chi connectivity index (χ1v) is 29.6. The number of aliphatic hydroxyl groups is 1. The van der Waals surface area contributed by atoms with Crippen molar-refractivity contribution in [3.63, 3.8) is 0 Å². The van der Waals surface area contributed by atoms with Gasteiger partial charge in [-0.05, 0) is 131 Å². The lowest BCUT2D eigenvalue weighted by Gasteiger charge is -2.56. The van der Waals surface area contributed by atoms with Crippen molar-refractivity contribution in [3.05, 3.63) is 11.5 Å². The van der Waals surface area contributed by atoms with Gasteiger partial charge in [0.25, 0.3) is 0 Å². The molecule has 0 unspecified atom stereocenters. The Bertz CT molecular complexity index is 1860. The molecule has 8 N–H and O–H groups in total. The molecule has 4 aliphatic carbocycles. The normalized spacial score (nSPS) is 22.2. The summed E-state index contributed by atoms with van der Waals surface area (Å²) in [5.41, 5.74) is 0.263. The van der Waals surface area contributed by atoms with Gasteiger partial charge in [-0.3, -0.25) is 33.6 Å². The highest BCUT2D eigenvalue weighted by atomic mass is 32.2. The summed E-state index contributed by atoms with van der Waals surface area (Å²) in [6, 6.07) is -4.12. The third kappa shape index (κ3) is 23.4. The molecule has 4 saturated carbocycles. The van der Waals surface area contributed by atoms with E-state index in [9.17, 15) is 47.1 Å². The molecule has 0 aliphatic heterocycles. The summed E-state index contributed by atoms with van der Waals surface area (Å²) in [5, 5.41) is 31.6. The van der Waals surface area contributed by atoms with E-state index in [1.807, 2.05) is 34.6 Å². The van der Waals surface area contributed by atoms with Crippen LogP contribution in [0.3, 0.4) is 0 Å². The van der Waals surface area contributed by atoms with Crippen LogP contribution in [0, 0.1) is 40.9 Å². The maximum atomic E-state index is 13.8. The Kier molecular flexibility index (Phi) is 27.3. The predicted octanol–water partition coefficient (Wildman–Crippen LogP) is 5.64. The fourth-order valence-corrected chi connectivity index (χ4v) is 11.8. The van der Waals surface area contributed by atoms with Crippen molar-refractivity contribution in [2.75, 3.05) is 25.9 Å². The number of nitrogens with one attached hydrogen (secondary N) is 7. The monoisotopic (exact) mass is 1030 g/mol. The zero-order valence-corrected chi connectivity index (χ0v) is 46.0. The van der Waals surface area contributed by atoms with Crippen LogP contribution in [-0.2, 0) is 43.4 Å². The molecule has 0 saturated heterocycles. The summed E-state index contributed by atoms with van der Waals surface area (Å²) in [6.45, 7) is 14.3. The number of carbonyl (C=O) groups excluding carboxylic acids is 7. The molecule has 0 aromatic heterocycles. The number of sulfone groups is 1. The third-order valence-corrected chi connectivity index (χ3v) is 15.8. The highest BCUT2D eigenvalue weighted by molar-refractivity contribution is 7.93. The Morgan fingerprint density at radius 1 is 0.556 bits per heavy atom. The first-order chi connectivity index (χ1) is 34.0. The van der Waals surface area contributed by atoms with E-state index in [1.165, 1.54) is 51.5 Å². The van der Waals surface area contributed by atoms with E-state index in [0.717, 1.165) is 67.9 Å². The van der Waals surface area contributed by atoms with Crippen molar-refractivity contribution in [2.24, 2.45) is 40.9 Å². The SMILES string of the molecule is CC[C@H](C)[C@H](NC(=O)CCCCCNC(=O)CCCCCNC(=O)CCCCCNC(=O)CC12CC3CC(CC(C3)C1)C2)C(=O)N[C@H](C(=O)N[C@H](C(=O)N[C@H](/C=C/S(C)(=O)=O)CC(C)C)[C@@H](C)O)[C@@H](C)CC. The molecule has 4 aliphatic rings. The van der Waals surface area contributed by atoms with Gasteiger partial charge in [0.1, 0.15) is 18.1 Å². The average Bonchev–Trinajstić information content (AvgIpc) is 3.29. The molecule has 18 heteroatoms. The number of aliphatic hydroxyl groups excluding tert-OH is 1. The number of rotatable bonds is 36. The van der Waals surface area contributed by atoms with Crippen molar-refractivity contribution in [1.29, 1.82) is 0 Å². The maximum absolute atomic E-state index is 13.8. The Morgan fingerprint density at radius 2 is 0.958 bits per heavy atom. The van der Waals surface area contributed by atoms with Gasteiger partial charge in [0.2, 0.25) is 41.4 Å². The predicted molar refractivity (Wildman–Crippen MR) is 281 cm³/mol. The van der Waals surface area contributed by atoms with Gasteiger partial charge < -0.3 is 42.3 Å². The van der Waals surface area contributed by atoms with Crippen molar-refractivity contribution >= 4 is 51.2 Å². The second kappa shape index (κ2) is 31.6. The second-order valence-corrected chi connectivity index (χ2v) is 24.4. The minimum atomic E-state index is -3.47. The molecule has 0 aromatic rings. The summed E-state index contributed by atoms with van der Waals surface area (Å²) < 4.78 is 23.5. The van der Waals surface area contributed by atoms with Gasteiger partial charge in [-0.25, -0.2) is 8.42 Å². The first-order valence-electron chi connectivity index (χ1n) is 27.6. The molecule has 0 radical (unpaired) electrons. The molecule has 72 heavy (non-hydrogen) atoms. The standard InChI is InChI=1S/C54H95N7O10S/c1-9-37(5)48(51(67)60-49(38(6)10-2)52(68)61-50(39(7)62)53(69)58-43(28-36(3)4)23-27-72(8,70)71)59-46(65)22-16-13-18-25-56-44(63)20-14-11-17-24-55-45(64)21-15-12-19-26-57-47(66)35-54-32-40-29-41(33-54)31-42(30-40)34-54/h23,27,36-43,48-50,62H,9-22,24-26,28-35H2,1-8H3,(H,55,64)(H,56,63)(H,57,66)(H,58,69)(H,59,65)(H,60,67)(H,61,68)/b27-23+/t37-,38-,39+,40?,41?,42?,43+,48-,49-,50-,54?/m0/s1. The molecule has 4 rings (SSSR count). The second-order valence-electron chi connectivity index (χ2n) is 22.5. The zero-order valence-electron chi connectivity index (χ0n) is 45.2. The summed E-state index contributed by atoms with van der Waals surface area (Å²) >= 11 is 0. The molecular weight excluding hydrogens is 939 g/mol.